The highest BCUT2D eigenvalue weighted by atomic mass is 16.2. The second-order valence-electron chi connectivity index (χ2n) is 6.58. The van der Waals surface area contributed by atoms with Crippen molar-refractivity contribution >= 4 is 28.6 Å². The Morgan fingerprint density at radius 1 is 1.15 bits per heavy atom. The van der Waals surface area contributed by atoms with Crippen LogP contribution in [-0.4, -0.2) is 65.2 Å². The molecule has 0 aliphatic carbocycles. The second kappa shape index (κ2) is 9.21. The number of fused-ring (bicyclic) bond motifs is 1. The minimum Gasteiger partial charge on any atom is -0.361 e. The molecule has 7 heteroatoms. The summed E-state index contributed by atoms with van der Waals surface area (Å²) in [5.41, 5.74) is 1.92. The van der Waals surface area contributed by atoms with Crippen molar-refractivity contribution in [3.05, 3.63) is 36.0 Å². The Hall–Kier alpha value is -2.83. The first-order valence-corrected chi connectivity index (χ1v) is 9.22. The van der Waals surface area contributed by atoms with E-state index in [-0.39, 0.29) is 24.3 Å². The number of carbonyl (C=O) groups excluding carboxylic acids is 3. The molecule has 1 unspecified atom stereocenters. The van der Waals surface area contributed by atoms with E-state index in [4.69, 9.17) is 0 Å². The molecule has 27 heavy (non-hydrogen) atoms. The number of H-pyrrole nitrogens is 1. The molecule has 0 fully saturated rings. The third kappa shape index (κ3) is 5.09. The number of rotatable bonds is 8. The molecule has 1 aromatic carbocycles. The number of para-hydroxylation sites is 1. The summed E-state index contributed by atoms with van der Waals surface area (Å²) < 4.78 is 0. The lowest BCUT2D eigenvalue weighted by molar-refractivity contribution is -0.141. The number of hydrogen-bond acceptors (Lipinski definition) is 3. The van der Waals surface area contributed by atoms with Gasteiger partial charge in [-0.2, -0.15) is 0 Å². The average Bonchev–Trinajstić information content (AvgIpc) is 3.04. The lowest BCUT2D eigenvalue weighted by atomic mass is 10.0. The summed E-state index contributed by atoms with van der Waals surface area (Å²) in [5, 5.41) is 3.74. The summed E-state index contributed by atoms with van der Waals surface area (Å²) >= 11 is 0. The Labute approximate surface area is 159 Å². The lowest BCUT2D eigenvalue weighted by Gasteiger charge is -2.26. The quantitative estimate of drug-likeness (QED) is 0.737. The van der Waals surface area contributed by atoms with Crippen molar-refractivity contribution in [2.24, 2.45) is 0 Å². The third-order valence-electron chi connectivity index (χ3n) is 4.64. The largest absolute Gasteiger partial charge is 0.361 e. The fourth-order valence-electron chi connectivity index (χ4n) is 3.19. The van der Waals surface area contributed by atoms with Gasteiger partial charge in [0.25, 0.3) is 0 Å². The maximum atomic E-state index is 12.9. The van der Waals surface area contributed by atoms with E-state index in [0.29, 0.717) is 19.5 Å². The highest BCUT2D eigenvalue weighted by molar-refractivity contribution is 5.91. The van der Waals surface area contributed by atoms with E-state index in [0.717, 1.165) is 16.5 Å². The molecule has 0 radical (unpaired) electrons. The van der Waals surface area contributed by atoms with Gasteiger partial charge in [-0.25, -0.2) is 0 Å². The first kappa shape index (κ1) is 20.5. The molecule has 1 atom stereocenters. The van der Waals surface area contributed by atoms with Crippen LogP contribution in [0.15, 0.2) is 30.5 Å². The van der Waals surface area contributed by atoms with Crippen LogP contribution in [-0.2, 0) is 20.8 Å². The van der Waals surface area contributed by atoms with Crippen LogP contribution in [0, 0.1) is 0 Å². The van der Waals surface area contributed by atoms with E-state index >= 15 is 0 Å². The Kier molecular flexibility index (Phi) is 6.98. The topological polar surface area (TPSA) is 85.5 Å². The van der Waals surface area contributed by atoms with E-state index in [2.05, 4.69) is 10.3 Å². The van der Waals surface area contributed by atoms with Gasteiger partial charge in [0.05, 0.1) is 6.54 Å². The van der Waals surface area contributed by atoms with Gasteiger partial charge in [0.15, 0.2) is 0 Å². The van der Waals surface area contributed by atoms with E-state index in [1.54, 1.807) is 11.9 Å². The van der Waals surface area contributed by atoms with Crippen molar-refractivity contribution in [2.75, 3.05) is 26.7 Å². The summed E-state index contributed by atoms with van der Waals surface area (Å²) in [4.78, 5) is 43.1. The van der Waals surface area contributed by atoms with Crippen molar-refractivity contribution in [2.45, 2.75) is 33.2 Å². The molecule has 2 rings (SSSR count). The van der Waals surface area contributed by atoms with Crippen LogP contribution in [0.3, 0.4) is 0 Å². The van der Waals surface area contributed by atoms with Gasteiger partial charge in [-0.3, -0.25) is 14.4 Å². The van der Waals surface area contributed by atoms with Crippen LogP contribution in [0.1, 0.15) is 26.3 Å². The number of nitrogens with one attached hydrogen (secondary N) is 2. The van der Waals surface area contributed by atoms with E-state index in [1.165, 1.54) is 11.8 Å². The standard InChI is InChI=1S/C20H28N4O3/c1-5-24(6-2)19(26)13-23(4)20(27)18(22-14(3)25)11-15-12-21-17-10-8-7-9-16(15)17/h7-10,12,18,21H,5-6,11,13H2,1-4H3,(H,22,25). The molecule has 7 nitrogen and oxygen atoms in total. The number of carbonyl (C=O) groups is 3. The van der Waals surface area contributed by atoms with Crippen LogP contribution < -0.4 is 5.32 Å². The van der Waals surface area contributed by atoms with Gasteiger partial charge in [0.2, 0.25) is 17.7 Å². The van der Waals surface area contributed by atoms with Crippen LogP contribution >= 0.6 is 0 Å². The number of benzene rings is 1. The molecule has 3 amide bonds. The molecule has 0 saturated heterocycles. The van der Waals surface area contributed by atoms with Crippen molar-refractivity contribution in [1.29, 1.82) is 0 Å². The van der Waals surface area contributed by atoms with Gasteiger partial charge in [-0.15, -0.1) is 0 Å². The molecule has 2 aromatic rings. The lowest BCUT2D eigenvalue weighted by Crippen LogP contribution is -2.50. The molecule has 2 N–H and O–H groups in total. The first-order chi connectivity index (χ1) is 12.9. The fourth-order valence-corrected chi connectivity index (χ4v) is 3.19. The molecule has 1 aromatic heterocycles. The highest BCUT2D eigenvalue weighted by Crippen LogP contribution is 2.19. The number of aromatic nitrogens is 1. The van der Waals surface area contributed by atoms with E-state index in [9.17, 15) is 14.4 Å². The summed E-state index contributed by atoms with van der Waals surface area (Å²) in [7, 11) is 1.59. The maximum absolute atomic E-state index is 12.9. The molecule has 0 aliphatic heterocycles. The van der Waals surface area contributed by atoms with Gasteiger partial charge in [0.1, 0.15) is 6.04 Å². The number of likely N-dealkylation sites (N-methyl/N-ethyl adjacent to an activating group) is 2. The van der Waals surface area contributed by atoms with Crippen LogP contribution in [0.5, 0.6) is 0 Å². The molecule has 146 valence electrons. The molecule has 0 aliphatic rings. The smallest absolute Gasteiger partial charge is 0.245 e. The molecular weight excluding hydrogens is 344 g/mol. The molecule has 0 spiro atoms. The molecular formula is C20H28N4O3. The SMILES string of the molecule is CCN(CC)C(=O)CN(C)C(=O)C(Cc1c[nH]c2ccccc12)NC(C)=O. The maximum Gasteiger partial charge on any atom is 0.245 e. The van der Waals surface area contributed by atoms with Crippen LogP contribution in [0.4, 0.5) is 0 Å². The zero-order valence-corrected chi connectivity index (χ0v) is 16.4. The van der Waals surface area contributed by atoms with Crippen molar-refractivity contribution in [3.8, 4) is 0 Å². The Bertz CT molecular complexity index is 810. The Morgan fingerprint density at radius 3 is 2.44 bits per heavy atom. The zero-order chi connectivity index (χ0) is 20.0. The van der Waals surface area contributed by atoms with Crippen molar-refractivity contribution in [1.82, 2.24) is 20.1 Å². The molecule has 0 saturated carbocycles. The molecule has 1 heterocycles. The second-order valence-corrected chi connectivity index (χ2v) is 6.58. The van der Waals surface area contributed by atoms with Gasteiger partial charge < -0.3 is 20.1 Å². The van der Waals surface area contributed by atoms with Gasteiger partial charge in [-0.1, -0.05) is 18.2 Å². The number of nitrogens with zero attached hydrogens (tertiary/aromatic N) is 2. The Balaban J connectivity index is 2.16. The van der Waals surface area contributed by atoms with Crippen LogP contribution in [0.25, 0.3) is 10.9 Å². The van der Waals surface area contributed by atoms with Gasteiger partial charge in [0, 0.05) is 50.6 Å². The molecule has 0 bridgehead atoms. The summed E-state index contributed by atoms with van der Waals surface area (Å²) in [6.45, 7) is 6.38. The third-order valence-corrected chi connectivity index (χ3v) is 4.64. The highest BCUT2D eigenvalue weighted by Gasteiger charge is 2.26. The number of aromatic amines is 1. The first-order valence-electron chi connectivity index (χ1n) is 9.22. The van der Waals surface area contributed by atoms with E-state index < -0.39 is 6.04 Å². The van der Waals surface area contributed by atoms with Crippen LogP contribution in [0.2, 0.25) is 0 Å². The predicted molar refractivity (Wildman–Crippen MR) is 105 cm³/mol. The summed E-state index contributed by atoms with van der Waals surface area (Å²) in [6, 6.07) is 7.08. The normalized spacial score (nSPS) is 11.9. The van der Waals surface area contributed by atoms with E-state index in [1.807, 2.05) is 44.3 Å². The van der Waals surface area contributed by atoms with Crippen molar-refractivity contribution in [3.63, 3.8) is 0 Å². The van der Waals surface area contributed by atoms with Gasteiger partial charge >= 0.3 is 0 Å². The number of hydrogen-bond donors (Lipinski definition) is 2. The summed E-state index contributed by atoms with van der Waals surface area (Å²) in [5.74, 6) is -0.669. The van der Waals surface area contributed by atoms with Crippen molar-refractivity contribution < 1.29 is 14.4 Å². The minimum atomic E-state index is -0.726. The fraction of sp³-hybridized carbons (Fsp3) is 0.450. The average molecular weight is 372 g/mol. The monoisotopic (exact) mass is 372 g/mol. The number of amides is 3. The Morgan fingerprint density at radius 2 is 1.81 bits per heavy atom. The predicted octanol–water partition coefficient (Wildman–Crippen LogP) is 1.54. The zero-order valence-electron chi connectivity index (χ0n) is 16.4. The minimum absolute atomic E-state index is 0.00944. The summed E-state index contributed by atoms with van der Waals surface area (Å²) in [6.07, 6.45) is 2.21. The van der Waals surface area contributed by atoms with Gasteiger partial charge in [-0.05, 0) is 25.5 Å².